The Bertz CT molecular complexity index is 2410. The number of imidazole rings is 1. The van der Waals surface area contributed by atoms with E-state index in [2.05, 4.69) is 41.5 Å². The second-order valence-corrected chi connectivity index (χ2v) is 15.9. The second-order valence-electron chi connectivity index (χ2n) is 15.9. The number of H-pyrrole nitrogens is 2. The van der Waals surface area contributed by atoms with Crippen LogP contribution >= 0.6 is 0 Å². The minimum absolute atomic E-state index is 0.0650. The summed E-state index contributed by atoms with van der Waals surface area (Å²) < 4.78 is 0. The Labute approximate surface area is 380 Å². The Hall–Kier alpha value is -7.58. The van der Waals surface area contributed by atoms with E-state index in [1.54, 1.807) is 36.5 Å². The van der Waals surface area contributed by atoms with Crippen molar-refractivity contribution in [3.05, 3.63) is 120 Å². The van der Waals surface area contributed by atoms with Crippen molar-refractivity contribution in [2.45, 2.75) is 94.0 Å². The molecular weight excluding hydrogens is 851 g/mol. The first kappa shape index (κ1) is 49.4. The third-order valence-electron chi connectivity index (χ3n) is 10.9. The Balaban J connectivity index is 1.37. The van der Waals surface area contributed by atoms with Crippen LogP contribution in [0, 0.1) is 0 Å². The molecule has 20 nitrogen and oxygen atoms in total. The molecule has 0 unspecified atom stereocenters. The summed E-state index contributed by atoms with van der Waals surface area (Å²) in [5.41, 5.74) is 20.7. The summed E-state index contributed by atoms with van der Waals surface area (Å²) in [6.45, 7) is 0.330. The first-order valence-corrected chi connectivity index (χ1v) is 21.5. The number of rotatable bonds is 26. The number of carbonyl (C=O) groups excluding carboxylic acids is 6. The lowest BCUT2D eigenvalue weighted by Crippen LogP contribution is -2.60. The lowest BCUT2D eigenvalue weighted by molar-refractivity contribution is -0.142. The van der Waals surface area contributed by atoms with E-state index in [1.807, 2.05) is 24.3 Å². The maximum atomic E-state index is 14.4. The number of para-hydroxylation sites is 1. The molecule has 350 valence electrons. The number of unbranched alkanes of at least 4 members (excludes halogenated alkanes) is 1. The number of nitrogens with one attached hydrogen (secondary N) is 7. The van der Waals surface area contributed by atoms with Crippen LogP contribution in [-0.2, 0) is 59.2 Å². The second kappa shape index (κ2) is 24.5. The summed E-state index contributed by atoms with van der Waals surface area (Å²) in [7, 11) is 0. The first-order valence-electron chi connectivity index (χ1n) is 21.5. The highest BCUT2D eigenvalue weighted by molar-refractivity contribution is 5.97. The summed E-state index contributed by atoms with van der Waals surface area (Å²) in [5.74, 6) is -6.18. The highest BCUT2D eigenvalue weighted by Crippen LogP contribution is 2.19. The van der Waals surface area contributed by atoms with Crippen LogP contribution in [0.2, 0.25) is 0 Å². The molecule has 2 aromatic heterocycles. The van der Waals surface area contributed by atoms with Gasteiger partial charge in [-0.15, -0.1) is 0 Å². The van der Waals surface area contributed by atoms with Crippen LogP contribution in [0.1, 0.15) is 54.5 Å². The summed E-state index contributed by atoms with van der Waals surface area (Å²) >= 11 is 0. The molecule has 0 radical (unpaired) electrons. The maximum Gasteiger partial charge on any atom is 0.326 e. The van der Waals surface area contributed by atoms with E-state index in [-0.39, 0.29) is 50.7 Å². The van der Waals surface area contributed by atoms with Gasteiger partial charge in [-0.25, -0.2) is 9.78 Å². The highest BCUT2D eigenvalue weighted by Gasteiger charge is 2.34. The van der Waals surface area contributed by atoms with E-state index < -0.39 is 77.7 Å². The van der Waals surface area contributed by atoms with Crippen LogP contribution < -0.4 is 43.8 Å². The molecule has 0 saturated carbocycles. The largest absolute Gasteiger partial charge is 0.508 e. The van der Waals surface area contributed by atoms with Gasteiger partial charge in [0.2, 0.25) is 35.4 Å². The normalized spacial score (nSPS) is 13.8. The molecule has 0 aliphatic rings. The number of fused-ring (bicyclic) bond motifs is 1. The van der Waals surface area contributed by atoms with Gasteiger partial charge in [0.1, 0.15) is 36.0 Å². The van der Waals surface area contributed by atoms with Gasteiger partial charge in [0.05, 0.1) is 12.4 Å². The third-order valence-corrected chi connectivity index (χ3v) is 10.9. The van der Waals surface area contributed by atoms with Gasteiger partial charge in [-0.1, -0.05) is 60.7 Å². The van der Waals surface area contributed by atoms with E-state index in [0.29, 0.717) is 36.2 Å². The molecule has 5 rings (SSSR count). The van der Waals surface area contributed by atoms with Gasteiger partial charge in [0, 0.05) is 54.7 Å². The van der Waals surface area contributed by atoms with E-state index in [1.165, 1.54) is 36.8 Å². The van der Waals surface area contributed by atoms with Gasteiger partial charge in [0.25, 0.3) is 0 Å². The van der Waals surface area contributed by atoms with Crippen molar-refractivity contribution in [2.75, 3.05) is 6.54 Å². The minimum atomic E-state index is -1.48. The van der Waals surface area contributed by atoms with Crippen molar-refractivity contribution in [2.24, 2.45) is 17.2 Å². The highest BCUT2D eigenvalue weighted by atomic mass is 16.4. The number of aromatic nitrogens is 3. The average Bonchev–Trinajstić information content (AvgIpc) is 3.97. The maximum absolute atomic E-state index is 14.4. The molecular formula is C46H57N11O9. The fraction of sp³-hybridized carbons (Fsp3) is 0.348. The molecule has 6 amide bonds. The molecule has 3 aromatic carbocycles. The molecule has 20 heteroatoms. The number of nitrogens with two attached hydrogens (primary N) is 3. The summed E-state index contributed by atoms with van der Waals surface area (Å²) in [6, 6.07) is 14.0. The number of phenolic OH excluding ortho intramolecular Hbond substituents is 1. The number of hydrogen-bond acceptors (Lipinski definition) is 11. The fourth-order valence-corrected chi connectivity index (χ4v) is 7.27. The standard InChI is InChI=1S/C46H57N11O9/c47-19-7-6-12-35(53-41(60)33(48)22-29-24-51-34-11-5-4-10-32(29)34)42(61)56-38(23-30-25-50-26-52-30)45(64)55-37(20-28-13-15-31(58)16-14-28)44(63)54-36(17-18-40(49)59)43(62)57-39(46(65)66)21-27-8-2-1-3-9-27/h1-5,8-11,13-16,24-26,33,35-39,51,58H,6-7,12,17-23,47-48H2,(H2,49,59)(H,50,52)(H,53,60)(H,54,63)(H,55,64)(H,56,61)(H,57,62)(H,65,66)/t33-,35-,36-,37-,38-,39-/m0/s1. The molecule has 0 bridgehead atoms. The SMILES string of the molecule is NCCCC[C@H](NC(=O)[C@@H](N)Cc1c[nH]c2ccccc12)C(=O)N[C@@H](Cc1cnc[nH]1)C(=O)N[C@@H](Cc1ccc(O)cc1)C(=O)N[C@@H](CCC(N)=O)C(=O)N[C@@H](Cc1ccccc1)C(=O)O. The average molecular weight is 908 g/mol. The quantitative estimate of drug-likeness (QED) is 0.0329. The number of hydrogen-bond donors (Lipinski definition) is 12. The predicted molar refractivity (Wildman–Crippen MR) is 243 cm³/mol. The first-order chi connectivity index (χ1) is 31.7. The van der Waals surface area contributed by atoms with Crippen molar-refractivity contribution in [1.82, 2.24) is 41.5 Å². The summed E-state index contributed by atoms with van der Waals surface area (Å²) in [4.78, 5) is 104. The zero-order chi connectivity index (χ0) is 47.6. The Morgan fingerprint density at radius 3 is 1.82 bits per heavy atom. The van der Waals surface area contributed by atoms with Gasteiger partial charge in [0.15, 0.2) is 0 Å². The van der Waals surface area contributed by atoms with E-state index in [0.717, 1.165) is 16.5 Å². The molecule has 66 heavy (non-hydrogen) atoms. The Kier molecular flexibility index (Phi) is 18.3. The van der Waals surface area contributed by atoms with Crippen LogP contribution in [-0.4, -0.2) is 109 Å². The number of carboxylic acid groups (broad SMARTS) is 1. The van der Waals surface area contributed by atoms with Crippen molar-refractivity contribution in [3.8, 4) is 5.75 Å². The van der Waals surface area contributed by atoms with Crippen LogP contribution in [0.5, 0.6) is 5.75 Å². The number of benzene rings is 3. The molecule has 0 aliphatic carbocycles. The monoisotopic (exact) mass is 907 g/mol. The number of amides is 6. The van der Waals surface area contributed by atoms with Crippen LogP contribution in [0.25, 0.3) is 10.9 Å². The van der Waals surface area contributed by atoms with E-state index in [9.17, 15) is 43.8 Å². The van der Waals surface area contributed by atoms with Gasteiger partial charge in [-0.3, -0.25) is 28.8 Å². The zero-order valence-electron chi connectivity index (χ0n) is 36.2. The molecule has 0 fully saturated rings. The van der Waals surface area contributed by atoms with Crippen LogP contribution in [0.15, 0.2) is 97.6 Å². The van der Waals surface area contributed by atoms with Gasteiger partial charge in [-0.05, 0) is 73.5 Å². The molecule has 0 aliphatic heterocycles. The minimum Gasteiger partial charge on any atom is -0.508 e. The molecule has 0 spiro atoms. The van der Waals surface area contributed by atoms with Gasteiger partial charge >= 0.3 is 5.97 Å². The smallest absolute Gasteiger partial charge is 0.326 e. The number of carboxylic acids is 1. The van der Waals surface area contributed by atoms with Crippen molar-refractivity contribution < 1.29 is 43.8 Å². The summed E-state index contributed by atoms with van der Waals surface area (Å²) in [5, 5.41) is 34.0. The number of nitrogens with zero attached hydrogens (tertiary/aromatic N) is 1. The molecule has 6 atom stereocenters. The van der Waals surface area contributed by atoms with Crippen molar-refractivity contribution in [1.29, 1.82) is 0 Å². The van der Waals surface area contributed by atoms with Crippen molar-refractivity contribution >= 4 is 52.3 Å². The Morgan fingerprint density at radius 1 is 0.621 bits per heavy atom. The molecule has 5 aromatic rings. The number of phenols is 1. The number of aliphatic carboxylic acids is 1. The number of carbonyl (C=O) groups is 7. The Morgan fingerprint density at radius 2 is 1.18 bits per heavy atom. The summed E-state index contributed by atoms with van der Waals surface area (Å²) in [6.07, 6.45) is 4.81. The lowest BCUT2D eigenvalue weighted by atomic mass is 10.0. The predicted octanol–water partition coefficient (Wildman–Crippen LogP) is 0.0976. The number of aromatic amines is 2. The van der Waals surface area contributed by atoms with Crippen LogP contribution in [0.4, 0.5) is 0 Å². The van der Waals surface area contributed by atoms with Gasteiger partial charge in [-0.2, -0.15) is 0 Å². The number of primary amides is 1. The van der Waals surface area contributed by atoms with Crippen LogP contribution in [0.3, 0.4) is 0 Å². The lowest BCUT2D eigenvalue weighted by Gasteiger charge is -2.27. The fourth-order valence-electron chi connectivity index (χ4n) is 7.27. The number of aromatic hydroxyl groups is 1. The van der Waals surface area contributed by atoms with E-state index >= 15 is 0 Å². The topological polar surface area (TPSA) is 343 Å². The molecule has 15 N–H and O–H groups in total. The molecule has 0 saturated heterocycles. The van der Waals surface area contributed by atoms with E-state index in [4.69, 9.17) is 17.2 Å². The van der Waals surface area contributed by atoms with Crippen molar-refractivity contribution in [3.63, 3.8) is 0 Å². The third kappa shape index (κ3) is 15.0. The molecule has 2 heterocycles. The van der Waals surface area contributed by atoms with Gasteiger partial charge < -0.3 is 64.0 Å². The zero-order valence-corrected chi connectivity index (χ0v) is 36.2.